The van der Waals surface area contributed by atoms with Gasteiger partial charge in [-0.1, -0.05) is 66.7 Å². The zero-order valence-corrected chi connectivity index (χ0v) is 17.8. The van der Waals surface area contributed by atoms with Gasteiger partial charge in [-0.15, -0.1) is 6.58 Å². The molecular weight excluding hydrogens is 406 g/mol. The lowest BCUT2D eigenvalue weighted by Gasteiger charge is -2.23. The van der Waals surface area contributed by atoms with E-state index in [0.717, 1.165) is 16.3 Å². The van der Waals surface area contributed by atoms with Crippen molar-refractivity contribution in [2.45, 2.75) is 11.5 Å². The van der Waals surface area contributed by atoms with E-state index in [1.165, 1.54) is 4.31 Å². The Morgan fingerprint density at radius 3 is 2.19 bits per heavy atom. The van der Waals surface area contributed by atoms with E-state index in [9.17, 15) is 8.42 Å². The zero-order valence-electron chi connectivity index (χ0n) is 17.0. The van der Waals surface area contributed by atoms with Gasteiger partial charge in [0.15, 0.2) is 0 Å². The first kappa shape index (κ1) is 20.7. The first-order valence-corrected chi connectivity index (χ1v) is 11.4. The number of hydrogen-bond acceptors (Lipinski definition) is 3. The molecule has 0 saturated heterocycles. The number of ether oxygens (including phenoxy) is 1. The van der Waals surface area contributed by atoms with Crippen LogP contribution in [0.25, 0.3) is 10.8 Å². The van der Waals surface area contributed by atoms with Gasteiger partial charge in [-0.05, 0) is 52.7 Å². The largest absolute Gasteiger partial charge is 0.489 e. The van der Waals surface area contributed by atoms with Crippen molar-refractivity contribution < 1.29 is 13.2 Å². The maximum Gasteiger partial charge on any atom is 0.264 e. The van der Waals surface area contributed by atoms with Gasteiger partial charge in [-0.25, -0.2) is 8.42 Å². The molecule has 0 atom stereocenters. The van der Waals surface area contributed by atoms with Crippen LogP contribution >= 0.6 is 0 Å². The van der Waals surface area contributed by atoms with Crippen LogP contribution in [0, 0.1) is 0 Å². The lowest BCUT2D eigenvalue weighted by molar-refractivity contribution is 0.306. The van der Waals surface area contributed by atoms with Crippen molar-refractivity contribution in [3.8, 4) is 5.75 Å². The molecule has 4 rings (SSSR count). The van der Waals surface area contributed by atoms with Crippen LogP contribution in [-0.4, -0.2) is 15.0 Å². The molecule has 156 valence electrons. The Kier molecular flexibility index (Phi) is 6.05. The van der Waals surface area contributed by atoms with Crippen molar-refractivity contribution in [2.24, 2.45) is 0 Å². The van der Waals surface area contributed by atoms with E-state index in [1.807, 2.05) is 60.7 Å². The number of sulfonamides is 1. The van der Waals surface area contributed by atoms with Crippen LogP contribution in [0.5, 0.6) is 5.75 Å². The molecule has 0 aromatic heterocycles. The van der Waals surface area contributed by atoms with Crippen molar-refractivity contribution in [1.82, 2.24) is 0 Å². The highest BCUT2D eigenvalue weighted by atomic mass is 32.2. The van der Waals surface area contributed by atoms with E-state index in [-0.39, 0.29) is 11.4 Å². The predicted molar refractivity (Wildman–Crippen MR) is 126 cm³/mol. The highest BCUT2D eigenvalue weighted by Gasteiger charge is 2.24. The summed E-state index contributed by atoms with van der Waals surface area (Å²) in [5, 5.41) is 1.88. The molecule has 0 aliphatic carbocycles. The van der Waals surface area contributed by atoms with E-state index < -0.39 is 10.0 Å². The van der Waals surface area contributed by atoms with Gasteiger partial charge in [0.25, 0.3) is 10.0 Å². The van der Waals surface area contributed by atoms with Crippen molar-refractivity contribution in [3.63, 3.8) is 0 Å². The van der Waals surface area contributed by atoms with E-state index >= 15 is 0 Å². The molecule has 0 aliphatic rings. The molecule has 0 unspecified atom stereocenters. The van der Waals surface area contributed by atoms with E-state index in [2.05, 4.69) is 6.58 Å². The lowest BCUT2D eigenvalue weighted by Crippen LogP contribution is -2.31. The van der Waals surface area contributed by atoms with Crippen LogP contribution < -0.4 is 9.04 Å². The fourth-order valence-corrected chi connectivity index (χ4v) is 4.84. The normalized spacial score (nSPS) is 11.2. The van der Waals surface area contributed by atoms with Crippen molar-refractivity contribution in [1.29, 1.82) is 0 Å². The van der Waals surface area contributed by atoms with Crippen LogP contribution in [0.4, 0.5) is 5.69 Å². The topological polar surface area (TPSA) is 46.6 Å². The third kappa shape index (κ3) is 4.62. The average Bonchev–Trinajstić information content (AvgIpc) is 2.82. The number of benzene rings is 4. The third-order valence-electron chi connectivity index (χ3n) is 4.98. The van der Waals surface area contributed by atoms with Gasteiger partial charge in [0.2, 0.25) is 0 Å². The van der Waals surface area contributed by atoms with E-state index in [1.54, 1.807) is 42.5 Å². The average molecular weight is 430 g/mol. The van der Waals surface area contributed by atoms with Crippen molar-refractivity contribution >= 4 is 26.5 Å². The molecule has 4 aromatic carbocycles. The fourth-order valence-electron chi connectivity index (χ4n) is 3.36. The Labute approximate surface area is 183 Å². The summed E-state index contributed by atoms with van der Waals surface area (Å²) in [5.41, 5.74) is 1.62. The van der Waals surface area contributed by atoms with Crippen molar-refractivity contribution in [2.75, 3.05) is 10.8 Å². The summed E-state index contributed by atoms with van der Waals surface area (Å²) in [6.45, 7) is 4.35. The predicted octanol–water partition coefficient (Wildman–Crippen LogP) is 5.80. The van der Waals surface area contributed by atoms with Gasteiger partial charge in [0, 0.05) is 0 Å². The lowest BCUT2D eigenvalue weighted by atomic mass is 10.1. The molecule has 0 amide bonds. The van der Waals surface area contributed by atoms with Crippen LogP contribution in [0.2, 0.25) is 0 Å². The Hall–Kier alpha value is -3.57. The molecule has 31 heavy (non-hydrogen) atoms. The molecule has 0 N–H and O–H groups in total. The Balaban J connectivity index is 1.59. The third-order valence-corrected chi connectivity index (χ3v) is 6.77. The molecule has 0 spiro atoms. The molecule has 0 radical (unpaired) electrons. The number of anilines is 1. The fraction of sp³-hybridized carbons (Fsp3) is 0.0769. The molecule has 4 nitrogen and oxygen atoms in total. The van der Waals surface area contributed by atoms with Gasteiger partial charge in [-0.2, -0.15) is 0 Å². The van der Waals surface area contributed by atoms with Crippen molar-refractivity contribution in [3.05, 3.63) is 115 Å². The summed E-state index contributed by atoms with van der Waals surface area (Å²) < 4.78 is 34.0. The maximum absolute atomic E-state index is 13.4. The standard InChI is InChI=1S/C26H23NO3S/c1-2-18-27(31(28,29)26-17-12-22-10-6-7-11-23(22)19-26)24-13-15-25(16-14-24)30-20-21-8-4-3-5-9-21/h2-17,19H,1,18,20H2. The quantitative estimate of drug-likeness (QED) is 0.333. The summed E-state index contributed by atoms with van der Waals surface area (Å²) in [5.74, 6) is 0.675. The van der Waals surface area contributed by atoms with Gasteiger partial charge >= 0.3 is 0 Å². The van der Waals surface area contributed by atoms with Crippen LogP contribution in [0.3, 0.4) is 0 Å². The SMILES string of the molecule is C=CCN(c1ccc(OCc2ccccc2)cc1)S(=O)(=O)c1ccc2ccccc2c1. The van der Waals surface area contributed by atoms with Crippen LogP contribution in [0.1, 0.15) is 5.56 Å². The molecule has 0 heterocycles. The molecule has 0 saturated carbocycles. The minimum absolute atomic E-state index is 0.166. The smallest absolute Gasteiger partial charge is 0.264 e. The molecule has 0 aliphatic heterocycles. The number of rotatable bonds is 8. The summed E-state index contributed by atoms with van der Waals surface area (Å²) in [7, 11) is -3.75. The molecule has 5 heteroatoms. The van der Waals surface area contributed by atoms with Crippen LogP contribution in [0.15, 0.2) is 115 Å². The second kappa shape index (κ2) is 9.06. The van der Waals surface area contributed by atoms with Gasteiger partial charge in [0.05, 0.1) is 17.1 Å². The monoisotopic (exact) mass is 429 g/mol. The number of hydrogen-bond donors (Lipinski definition) is 0. The van der Waals surface area contributed by atoms with Gasteiger partial charge in [0.1, 0.15) is 12.4 Å². The summed E-state index contributed by atoms with van der Waals surface area (Å²) in [4.78, 5) is 0.248. The highest BCUT2D eigenvalue weighted by Crippen LogP contribution is 2.28. The second-order valence-corrected chi connectivity index (χ2v) is 8.96. The Bertz CT molecular complexity index is 1280. The maximum atomic E-state index is 13.4. The minimum atomic E-state index is -3.75. The molecule has 0 fully saturated rings. The first-order valence-electron chi connectivity index (χ1n) is 9.97. The zero-order chi connectivity index (χ0) is 21.7. The Morgan fingerprint density at radius 1 is 0.806 bits per heavy atom. The van der Waals surface area contributed by atoms with Gasteiger partial charge < -0.3 is 4.74 Å². The molecular formula is C26H23NO3S. The molecule has 0 bridgehead atoms. The highest BCUT2D eigenvalue weighted by molar-refractivity contribution is 7.92. The summed E-state index contributed by atoms with van der Waals surface area (Å²) >= 11 is 0. The number of nitrogens with zero attached hydrogens (tertiary/aromatic N) is 1. The van der Waals surface area contributed by atoms with E-state index in [0.29, 0.717) is 18.0 Å². The summed E-state index contributed by atoms with van der Waals surface area (Å²) in [6.07, 6.45) is 1.58. The number of fused-ring (bicyclic) bond motifs is 1. The van der Waals surface area contributed by atoms with Crippen LogP contribution in [-0.2, 0) is 16.6 Å². The Morgan fingerprint density at radius 2 is 1.48 bits per heavy atom. The minimum Gasteiger partial charge on any atom is -0.489 e. The summed E-state index contributed by atoms with van der Waals surface area (Å²) in [6, 6.07) is 29.8. The van der Waals surface area contributed by atoms with E-state index in [4.69, 9.17) is 4.74 Å². The first-order chi connectivity index (χ1) is 15.1. The molecule has 4 aromatic rings. The second-order valence-electron chi connectivity index (χ2n) is 7.10. The van der Waals surface area contributed by atoms with Gasteiger partial charge in [-0.3, -0.25) is 4.31 Å².